The number of nitrogens with one attached hydrogen (secondary N) is 1. The van der Waals surface area contributed by atoms with Gasteiger partial charge in [-0.2, -0.15) is 13.2 Å². The van der Waals surface area contributed by atoms with Gasteiger partial charge in [0, 0.05) is 30.5 Å². The van der Waals surface area contributed by atoms with E-state index >= 15 is 0 Å². The summed E-state index contributed by atoms with van der Waals surface area (Å²) >= 11 is 0. The number of benzene rings is 1. The molecule has 0 aliphatic heterocycles. The van der Waals surface area contributed by atoms with Crippen molar-refractivity contribution in [2.75, 3.05) is 7.05 Å². The van der Waals surface area contributed by atoms with E-state index in [1.807, 2.05) is 0 Å². The fraction of sp³-hybridized carbons (Fsp3) is 0.294. The highest BCUT2D eigenvalue weighted by Gasteiger charge is 2.32. The van der Waals surface area contributed by atoms with Crippen molar-refractivity contribution in [3.8, 4) is 11.4 Å². The smallest absolute Gasteiger partial charge is 0.416 e. The number of carbonyl (C=O) groups excluding carboxylic acids is 2. The average Bonchev–Trinajstić information content (AvgIpc) is 3.06. The fourth-order valence-electron chi connectivity index (χ4n) is 2.08. The topological polar surface area (TPSA) is 86.1 Å². The first kappa shape index (κ1) is 20.1. The number of alkyl halides is 3. The minimum atomic E-state index is -4.64. The second kappa shape index (κ2) is 8.02. The maximum atomic E-state index is 13.1. The minimum Gasteiger partial charge on any atom is -0.460 e. The third-order valence-corrected chi connectivity index (χ3v) is 3.23. The molecule has 0 unspecified atom stereocenters. The Hall–Kier alpha value is -3.17. The summed E-state index contributed by atoms with van der Waals surface area (Å²) in [5, 5.41) is 6.27. The summed E-state index contributed by atoms with van der Waals surface area (Å²) < 4.78 is 45.4. The van der Waals surface area contributed by atoms with Crippen molar-refractivity contribution in [1.82, 2.24) is 20.1 Å². The van der Waals surface area contributed by atoms with Gasteiger partial charge in [0.25, 0.3) is 5.91 Å². The van der Waals surface area contributed by atoms with Crippen LogP contribution in [0.4, 0.5) is 13.2 Å². The first-order valence-corrected chi connectivity index (χ1v) is 7.85. The number of halogens is 3. The summed E-state index contributed by atoms with van der Waals surface area (Å²) in [5.41, 5.74) is -1.15. The number of aromatic nitrogens is 3. The Balaban J connectivity index is 2.35. The van der Waals surface area contributed by atoms with Crippen LogP contribution in [0.1, 0.15) is 29.8 Å². The Morgan fingerprint density at radius 3 is 2.56 bits per heavy atom. The Kier molecular flexibility index (Phi) is 5.98. The van der Waals surface area contributed by atoms with Crippen LogP contribution in [-0.2, 0) is 15.7 Å². The first-order chi connectivity index (χ1) is 12.6. The molecule has 0 aliphatic rings. The molecule has 0 radical (unpaired) electrons. The molecule has 0 saturated heterocycles. The predicted octanol–water partition coefficient (Wildman–Crippen LogP) is 2.75. The molecule has 10 heteroatoms. The molecule has 1 aromatic heterocycles. The number of esters is 1. The van der Waals surface area contributed by atoms with Gasteiger partial charge in [0.2, 0.25) is 0 Å². The number of hydrogen-bond donors (Lipinski definition) is 1. The zero-order chi connectivity index (χ0) is 20.2. The van der Waals surface area contributed by atoms with Crippen molar-refractivity contribution in [3.63, 3.8) is 0 Å². The molecule has 0 aliphatic carbocycles. The first-order valence-electron chi connectivity index (χ1n) is 7.85. The lowest BCUT2D eigenvalue weighted by molar-refractivity contribution is -0.141. The monoisotopic (exact) mass is 382 g/mol. The molecule has 7 nitrogen and oxygen atoms in total. The van der Waals surface area contributed by atoms with E-state index in [9.17, 15) is 22.8 Å². The summed E-state index contributed by atoms with van der Waals surface area (Å²) in [4.78, 5) is 27.2. The quantitative estimate of drug-likeness (QED) is 0.635. The van der Waals surface area contributed by atoms with Crippen LogP contribution in [-0.4, -0.2) is 39.8 Å². The Morgan fingerprint density at radius 1 is 1.26 bits per heavy atom. The molecule has 1 amide bonds. The molecule has 144 valence electrons. The highest BCUT2D eigenvalue weighted by atomic mass is 19.4. The van der Waals surface area contributed by atoms with E-state index < -0.39 is 23.6 Å². The van der Waals surface area contributed by atoms with Crippen LogP contribution in [0, 0.1) is 0 Å². The molecule has 27 heavy (non-hydrogen) atoms. The lowest BCUT2D eigenvalue weighted by Crippen LogP contribution is -2.19. The van der Waals surface area contributed by atoms with Crippen LogP contribution >= 0.6 is 0 Å². The van der Waals surface area contributed by atoms with Gasteiger partial charge in [-0.25, -0.2) is 14.5 Å². The maximum Gasteiger partial charge on any atom is 0.416 e. The van der Waals surface area contributed by atoms with E-state index in [1.54, 1.807) is 13.8 Å². The summed E-state index contributed by atoms with van der Waals surface area (Å²) in [6.45, 7) is 3.38. The molecular formula is C17H17F3N4O3. The number of amides is 1. The number of ether oxygens (including phenoxy) is 1. The van der Waals surface area contributed by atoms with Crippen molar-refractivity contribution in [1.29, 1.82) is 0 Å². The predicted molar refractivity (Wildman–Crippen MR) is 90.4 cm³/mol. The molecule has 1 aromatic carbocycles. The zero-order valence-electron chi connectivity index (χ0n) is 14.7. The summed E-state index contributed by atoms with van der Waals surface area (Å²) in [6, 6.07) is 2.86. The Morgan fingerprint density at radius 2 is 1.96 bits per heavy atom. The number of hydrogen-bond acceptors (Lipinski definition) is 5. The number of rotatable bonds is 5. The number of carbonyl (C=O) groups is 2. The van der Waals surface area contributed by atoms with Crippen LogP contribution in [0.25, 0.3) is 17.6 Å². The number of nitrogens with zero attached hydrogens (tertiary/aromatic N) is 3. The summed E-state index contributed by atoms with van der Waals surface area (Å²) in [5.74, 6) is -1.30. The fourth-order valence-corrected chi connectivity index (χ4v) is 2.08. The van der Waals surface area contributed by atoms with E-state index in [2.05, 4.69) is 15.4 Å². The van der Waals surface area contributed by atoms with Gasteiger partial charge in [0.15, 0.2) is 5.82 Å². The Bertz CT molecular complexity index is 873. The van der Waals surface area contributed by atoms with Crippen molar-refractivity contribution in [2.24, 2.45) is 0 Å². The molecule has 0 atom stereocenters. The van der Waals surface area contributed by atoms with Gasteiger partial charge in [-0.05, 0) is 32.0 Å². The van der Waals surface area contributed by atoms with E-state index in [0.717, 1.165) is 22.9 Å². The lowest BCUT2D eigenvalue weighted by Gasteiger charge is -2.10. The van der Waals surface area contributed by atoms with E-state index in [0.29, 0.717) is 0 Å². The van der Waals surface area contributed by atoms with Crippen LogP contribution in [0.3, 0.4) is 0 Å². The zero-order valence-corrected chi connectivity index (χ0v) is 14.7. The molecule has 0 fully saturated rings. The van der Waals surface area contributed by atoms with Crippen LogP contribution < -0.4 is 5.32 Å². The van der Waals surface area contributed by atoms with Crippen molar-refractivity contribution >= 4 is 18.1 Å². The van der Waals surface area contributed by atoms with Gasteiger partial charge in [-0.3, -0.25) is 4.79 Å². The van der Waals surface area contributed by atoms with Crippen molar-refractivity contribution in [2.45, 2.75) is 26.1 Å². The van der Waals surface area contributed by atoms with Gasteiger partial charge < -0.3 is 10.1 Å². The molecule has 1 heterocycles. The van der Waals surface area contributed by atoms with E-state index in [-0.39, 0.29) is 23.1 Å². The van der Waals surface area contributed by atoms with E-state index in [1.165, 1.54) is 25.6 Å². The third-order valence-electron chi connectivity index (χ3n) is 3.23. The standard InChI is InChI=1S/C17H17F3N4O3/c1-10(2)27-14(25)4-5-24-9-22-15(23-24)11-6-12(16(26)21-3)8-13(7-11)17(18,19)20/h4-10H,1-3H3,(H,21,26). The lowest BCUT2D eigenvalue weighted by atomic mass is 10.0. The normalized spacial score (nSPS) is 11.8. The van der Waals surface area contributed by atoms with Crippen LogP contribution in [0.15, 0.2) is 30.6 Å². The maximum absolute atomic E-state index is 13.1. The molecule has 0 spiro atoms. The average molecular weight is 382 g/mol. The summed E-state index contributed by atoms with van der Waals surface area (Å²) in [7, 11) is 1.32. The minimum absolute atomic E-state index is 0.0142. The summed E-state index contributed by atoms with van der Waals surface area (Å²) in [6.07, 6.45) is -1.34. The molecule has 2 aromatic rings. The SMILES string of the molecule is CNC(=O)c1cc(-c2ncn(C=CC(=O)OC(C)C)n2)cc(C(F)(F)F)c1. The van der Waals surface area contributed by atoms with Crippen molar-refractivity contribution in [3.05, 3.63) is 41.7 Å². The van der Waals surface area contributed by atoms with Gasteiger partial charge in [-0.15, -0.1) is 5.10 Å². The highest BCUT2D eigenvalue weighted by molar-refractivity contribution is 5.95. The third kappa shape index (κ3) is 5.40. The highest BCUT2D eigenvalue weighted by Crippen LogP contribution is 2.32. The molecule has 0 saturated carbocycles. The van der Waals surface area contributed by atoms with Gasteiger partial charge in [0.05, 0.1) is 11.7 Å². The van der Waals surface area contributed by atoms with Gasteiger partial charge in [-0.1, -0.05) is 0 Å². The Labute approximate surface area is 152 Å². The van der Waals surface area contributed by atoms with Crippen LogP contribution in [0.2, 0.25) is 0 Å². The molecular weight excluding hydrogens is 365 g/mol. The van der Waals surface area contributed by atoms with Gasteiger partial charge in [0.1, 0.15) is 6.33 Å². The second-order valence-electron chi connectivity index (χ2n) is 5.73. The molecule has 2 rings (SSSR count). The second-order valence-corrected chi connectivity index (χ2v) is 5.73. The molecule has 1 N–H and O–H groups in total. The largest absolute Gasteiger partial charge is 0.460 e. The molecule has 0 bridgehead atoms. The van der Waals surface area contributed by atoms with Crippen LogP contribution in [0.5, 0.6) is 0 Å². The van der Waals surface area contributed by atoms with E-state index in [4.69, 9.17) is 4.74 Å². The van der Waals surface area contributed by atoms with Crippen molar-refractivity contribution < 1.29 is 27.5 Å². The van der Waals surface area contributed by atoms with Gasteiger partial charge >= 0.3 is 12.1 Å².